The Morgan fingerprint density at radius 1 is 1.26 bits per heavy atom. The van der Waals surface area contributed by atoms with E-state index in [1.165, 1.54) is 11.3 Å². The van der Waals surface area contributed by atoms with Crippen molar-refractivity contribution in [2.24, 2.45) is 0 Å². The molecule has 5 rings (SSSR count). The van der Waals surface area contributed by atoms with E-state index in [2.05, 4.69) is 20.9 Å². The molecule has 0 bridgehead atoms. The normalized spacial score (nSPS) is 18.1. The first kappa shape index (κ1) is 19.8. The Labute approximate surface area is 184 Å². The summed E-state index contributed by atoms with van der Waals surface area (Å²) in [6, 6.07) is 9.41. The van der Waals surface area contributed by atoms with Crippen molar-refractivity contribution in [3.63, 3.8) is 0 Å². The van der Waals surface area contributed by atoms with Crippen LogP contribution in [0.5, 0.6) is 0 Å². The van der Waals surface area contributed by atoms with Crippen LogP contribution in [0.25, 0.3) is 10.2 Å². The molecule has 31 heavy (non-hydrogen) atoms. The number of amides is 3. The molecule has 2 aliphatic rings. The SMILES string of the molecule is CN(C)c1ccc(N2C(=O)Nc3c(C(=O)NC4CCCNC4)sc4nccc2c34)cc1. The third-order valence-electron chi connectivity index (χ3n) is 5.71. The minimum absolute atomic E-state index is 0.0945. The lowest BCUT2D eigenvalue weighted by Crippen LogP contribution is -2.45. The van der Waals surface area contributed by atoms with Gasteiger partial charge in [-0.2, -0.15) is 0 Å². The molecular formula is C22H24N6O2S. The van der Waals surface area contributed by atoms with Crippen LogP contribution in [0.1, 0.15) is 22.5 Å². The van der Waals surface area contributed by atoms with Crippen LogP contribution >= 0.6 is 11.3 Å². The van der Waals surface area contributed by atoms with Crippen LogP contribution < -0.4 is 25.8 Å². The van der Waals surface area contributed by atoms with Gasteiger partial charge in [-0.1, -0.05) is 0 Å². The Balaban J connectivity index is 1.53. The summed E-state index contributed by atoms with van der Waals surface area (Å²) in [7, 11) is 3.95. The van der Waals surface area contributed by atoms with Crippen molar-refractivity contribution in [3.05, 3.63) is 41.4 Å². The summed E-state index contributed by atoms with van der Waals surface area (Å²) in [5.74, 6) is -0.165. The molecule has 1 saturated heterocycles. The van der Waals surface area contributed by atoms with Gasteiger partial charge in [0, 0.05) is 38.6 Å². The second kappa shape index (κ2) is 7.82. The highest BCUT2D eigenvalue weighted by Gasteiger charge is 2.33. The van der Waals surface area contributed by atoms with Crippen LogP contribution in [-0.2, 0) is 0 Å². The highest BCUT2D eigenvalue weighted by molar-refractivity contribution is 7.21. The van der Waals surface area contributed by atoms with Crippen molar-refractivity contribution >= 4 is 56.2 Å². The maximum absolute atomic E-state index is 13.1. The molecule has 4 heterocycles. The van der Waals surface area contributed by atoms with E-state index >= 15 is 0 Å². The number of carbonyl (C=O) groups excluding carboxylic acids is 2. The van der Waals surface area contributed by atoms with Gasteiger partial charge in [-0.25, -0.2) is 9.78 Å². The van der Waals surface area contributed by atoms with E-state index in [0.717, 1.165) is 53.2 Å². The zero-order chi connectivity index (χ0) is 21.5. The van der Waals surface area contributed by atoms with Gasteiger partial charge in [0.15, 0.2) is 0 Å². The molecule has 0 aliphatic carbocycles. The van der Waals surface area contributed by atoms with Gasteiger partial charge in [-0.05, 0) is 49.7 Å². The van der Waals surface area contributed by atoms with Gasteiger partial charge in [0.05, 0.1) is 22.4 Å². The topological polar surface area (TPSA) is 89.6 Å². The number of aromatic nitrogens is 1. The predicted octanol–water partition coefficient (Wildman–Crippen LogP) is 3.53. The van der Waals surface area contributed by atoms with E-state index < -0.39 is 0 Å². The number of carbonyl (C=O) groups is 2. The van der Waals surface area contributed by atoms with Crippen LogP contribution in [0.4, 0.5) is 27.5 Å². The summed E-state index contributed by atoms with van der Waals surface area (Å²) in [5, 5.41) is 10.2. The number of urea groups is 1. The van der Waals surface area contributed by atoms with Crippen molar-refractivity contribution < 1.29 is 9.59 Å². The smallest absolute Gasteiger partial charge is 0.331 e. The average Bonchev–Trinajstić information content (AvgIpc) is 3.14. The number of thiophene rings is 1. The predicted molar refractivity (Wildman–Crippen MR) is 125 cm³/mol. The van der Waals surface area contributed by atoms with Gasteiger partial charge < -0.3 is 20.9 Å². The number of hydrogen-bond acceptors (Lipinski definition) is 6. The number of nitrogens with one attached hydrogen (secondary N) is 3. The van der Waals surface area contributed by atoms with Gasteiger partial charge in [-0.3, -0.25) is 9.69 Å². The van der Waals surface area contributed by atoms with Crippen LogP contribution in [0.3, 0.4) is 0 Å². The van der Waals surface area contributed by atoms with Crippen LogP contribution in [0, 0.1) is 0 Å². The molecule has 2 aliphatic heterocycles. The fraction of sp³-hybridized carbons (Fsp3) is 0.318. The molecule has 1 fully saturated rings. The molecule has 3 aromatic rings. The molecule has 160 valence electrons. The zero-order valence-corrected chi connectivity index (χ0v) is 18.3. The summed E-state index contributed by atoms with van der Waals surface area (Å²) >= 11 is 1.31. The van der Waals surface area contributed by atoms with Gasteiger partial charge in [0.1, 0.15) is 9.71 Å². The van der Waals surface area contributed by atoms with E-state index in [0.29, 0.717) is 10.6 Å². The van der Waals surface area contributed by atoms with Crippen molar-refractivity contribution in [1.29, 1.82) is 0 Å². The number of nitrogens with zero attached hydrogens (tertiary/aromatic N) is 3. The van der Waals surface area contributed by atoms with E-state index in [4.69, 9.17) is 0 Å². The van der Waals surface area contributed by atoms with E-state index in [1.54, 1.807) is 11.1 Å². The van der Waals surface area contributed by atoms with Gasteiger partial charge in [0.25, 0.3) is 5.91 Å². The molecule has 3 amide bonds. The molecule has 1 unspecified atom stereocenters. The lowest BCUT2D eigenvalue weighted by molar-refractivity contribution is 0.0935. The Hall–Kier alpha value is -3.17. The van der Waals surface area contributed by atoms with Gasteiger partial charge in [0.2, 0.25) is 0 Å². The lowest BCUT2D eigenvalue weighted by Gasteiger charge is -2.29. The molecule has 1 aromatic carbocycles. The number of rotatable bonds is 4. The Kier molecular flexibility index (Phi) is 4.99. The summed E-state index contributed by atoms with van der Waals surface area (Å²) in [5.41, 5.74) is 3.09. The maximum atomic E-state index is 13.1. The van der Waals surface area contributed by atoms with E-state index in [-0.39, 0.29) is 18.0 Å². The van der Waals surface area contributed by atoms with Gasteiger partial charge in [-0.15, -0.1) is 11.3 Å². The van der Waals surface area contributed by atoms with Gasteiger partial charge >= 0.3 is 6.03 Å². The second-order valence-corrected chi connectivity index (χ2v) is 9.01. The molecular weight excluding hydrogens is 412 g/mol. The molecule has 0 saturated carbocycles. The Morgan fingerprint density at radius 2 is 2.06 bits per heavy atom. The average molecular weight is 437 g/mol. The van der Waals surface area contributed by atoms with Crippen LogP contribution in [-0.4, -0.2) is 50.1 Å². The molecule has 3 N–H and O–H groups in total. The monoisotopic (exact) mass is 436 g/mol. The standard InChI is InChI=1S/C22H24N6O2S/c1-27(2)14-5-7-15(8-6-14)28-16-9-11-24-21-17(16)18(26-22(28)30)19(31-21)20(29)25-13-4-3-10-23-12-13/h5-9,11,13,23H,3-4,10,12H2,1-2H3,(H,25,29)(H,26,30). The number of pyridine rings is 1. The van der Waals surface area contributed by atoms with E-state index in [1.807, 2.05) is 49.3 Å². The first-order valence-corrected chi connectivity index (χ1v) is 11.2. The van der Waals surface area contributed by atoms with Crippen LogP contribution in [0.15, 0.2) is 36.5 Å². The number of hydrogen-bond donors (Lipinski definition) is 3. The quantitative estimate of drug-likeness (QED) is 0.582. The highest BCUT2D eigenvalue weighted by atomic mass is 32.1. The third-order valence-corrected chi connectivity index (χ3v) is 6.81. The summed E-state index contributed by atoms with van der Waals surface area (Å²) in [6.07, 6.45) is 3.67. The molecule has 0 spiro atoms. The Morgan fingerprint density at radius 3 is 2.77 bits per heavy atom. The van der Waals surface area contributed by atoms with E-state index in [9.17, 15) is 9.59 Å². The third kappa shape index (κ3) is 3.49. The van der Waals surface area contributed by atoms with Crippen LogP contribution in [0.2, 0.25) is 0 Å². The maximum Gasteiger partial charge on any atom is 0.331 e. The van der Waals surface area contributed by atoms with Crippen molar-refractivity contribution in [3.8, 4) is 0 Å². The first-order chi connectivity index (χ1) is 15.0. The molecule has 2 aromatic heterocycles. The van der Waals surface area contributed by atoms with Crippen molar-refractivity contribution in [1.82, 2.24) is 15.6 Å². The molecule has 9 heteroatoms. The molecule has 1 atom stereocenters. The fourth-order valence-corrected chi connectivity index (χ4v) is 5.15. The fourth-order valence-electron chi connectivity index (χ4n) is 4.13. The molecule has 0 radical (unpaired) electrons. The first-order valence-electron chi connectivity index (χ1n) is 10.3. The minimum atomic E-state index is -0.288. The Bertz CT molecular complexity index is 1150. The minimum Gasteiger partial charge on any atom is -0.378 e. The zero-order valence-electron chi connectivity index (χ0n) is 17.4. The number of piperidine rings is 1. The van der Waals surface area contributed by atoms with Crippen molar-refractivity contribution in [2.75, 3.05) is 42.3 Å². The van der Waals surface area contributed by atoms with Crippen molar-refractivity contribution in [2.45, 2.75) is 18.9 Å². The summed E-state index contributed by atoms with van der Waals surface area (Å²) in [6.45, 7) is 1.74. The highest BCUT2D eigenvalue weighted by Crippen LogP contribution is 2.45. The summed E-state index contributed by atoms with van der Waals surface area (Å²) in [4.78, 5) is 35.5. The number of benzene rings is 1. The molecule has 8 nitrogen and oxygen atoms in total. The largest absolute Gasteiger partial charge is 0.378 e. The number of anilines is 4. The second-order valence-electron chi connectivity index (χ2n) is 8.01. The lowest BCUT2D eigenvalue weighted by atomic mass is 10.1. The summed E-state index contributed by atoms with van der Waals surface area (Å²) < 4.78 is 0.